The van der Waals surface area contributed by atoms with E-state index < -0.39 is 10.0 Å². The molecular formula is C14H17N3O3S. The van der Waals surface area contributed by atoms with Crippen molar-refractivity contribution in [2.75, 3.05) is 11.3 Å². The number of anilines is 1. The molecule has 6 nitrogen and oxygen atoms in total. The Morgan fingerprint density at radius 1 is 1.33 bits per heavy atom. The van der Waals surface area contributed by atoms with Crippen molar-refractivity contribution in [3.8, 4) is 0 Å². The predicted octanol–water partition coefficient (Wildman–Crippen LogP) is 1.60. The second kappa shape index (κ2) is 6.55. The lowest BCUT2D eigenvalue weighted by molar-refractivity contribution is 0.269. The largest absolute Gasteiger partial charge is 0.394 e. The van der Waals surface area contributed by atoms with Crippen LogP contribution in [0.25, 0.3) is 6.08 Å². The molecule has 0 aliphatic heterocycles. The van der Waals surface area contributed by atoms with Crippen molar-refractivity contribution in [3.05, 3.63) is 53.2 Å². The zero-order chi connectivity index (χ0) is 15.3. The number of sulfonamides is 1. The Morgan fingerprint density at radius 3 is 2.71 bits per heavy atom. The summed E-state index contributed by atoms with van der Waals surface area (Å²) in [7, 11) is -3.59. The highest BCUT2D eigenvalue weighted by molar-refractivity contribution is 7.95. The number of hydrogen-bond donors (Lipinski definition) is 2. The van der Waals surface area contributed by atoms with Crippen molar-refractivity contribution in [1.29, 1.82) is 0 Å². The number of aliphatic hydroxyl groups excluding tert-OH is 1. The fourth-order valence-corrected chi connectivity index (χ4v) is 2.52. The molecule has 0 spiro atoms. The van der Waals surface area contributed by atoms with Crippen LogP contribution in [0.4, 0.5) is 5.69 Å². The Kier molecular flexibility index (Phi) is 4.77. The molecule has 0 saturated carbocycles. The van der Waals surface area contributed by atoms with Crippen LogP contribution in [0.1, 0.15) is 11.1 Å². The molecule has 21 heavy (non-hydrogen) atoms. The molecule has 0 aliphatic rings. The lowest BCUT2D eigenvalue weighted by atomic mass is 10.2. The lowest BCUT2D eigenvalue weighted by Gasteiger charge is -2.01. The van der Waals surface area contributed by atoms with Gasteiger partial charge in [-0.05, 0) is 18.6 Å². The van der Waals surface area contributed by atoms with Gasteiger partial charge in [-0.2, -0.15) is 5.10 Å². The standard InChI is InChI=1S/C14H17N3O3S/c1-12-2-4-13(5-3-12)6-9-21(19,20)16-14-10-15-17(11-14)7-8-18/h2-6,9-11,16,18H,7-8H2,1H3/b9-6-. The molecule has 1 heterocycles. The topological polar surface area (TPSA) is 84.2 Å². The minimum Gasteiger partial charge on any atom is -0.394 e. The first-order valence-corrected chi connectivity index (χ1v) is 7.94. The highest BCUT2D eigenvalue weighted by Gasteiger charge is 2.07. The van der Waals surface area contributed by atoms with Gasteiger partial charge in [0.2, 0.25) is 0 Å². The van der Waals surface area contributed by atoms with Crippen molar-refractivity contribution in [2.24, 2.45) is 0 Å². The first-order valence-electron chi connectivity index (χ1n) is 6.39. The van der Waals surface area contributed by atoms with Gasteiger partial charge in [-0.1, -0.05) is 29.8 Å². The summed E-state index contributed by atoms with van der Waals surface area (Å²) in [5.41, 5.74) is 2.28. The van der Waals surface area contributed by atoms with Crippen molar-refractivity contribution < 1.29 is 13.5 Å². The molecule has 2 N–H and O–H groups in total. The van der Waals surface area contributed by atoms with E-state index in [1.807, 2.05) is 31.2 Å². The predicted molar refractivity (Wildman–Crippen MR) is 82.1 cm³/mol. The third kappa shape index (κ3) is 4.73. The molecular weight excluding hydrogens is 290 g/mol. The second-order valence-corrected chi connectivity index (χ2v) is 6.14. The van der Waals surface area contributed by atoms with Crippen LogP contribution in [0, 0.1) is 6.92 Å². The summed E-state index contributed by atoms with van der Waals surface area (Å²) in [6.45, 7) is 2.23. The normalized spacial score (nSPS) is 11.9. The van der Waals surface area contributed by atoms with Crippen LogP contribution >= 0.6 is 0 Å². The van der Waals surface area contributed by atoms with E-state index in [1.165, 1.54) is 23.2 Å². The zero-order valence-electron chi connectivity index (χ0n) is 11.6. The number of nitrogens with zero attached hydrogens (tertiary/aromatic N) is 2. The average molecular weight is 307 g/mol. The molecule has 2 aromatic rings. The van der Waals surface area contributed by atoms with Crippen LogP contribution in [-0.4, -0.2) is 29.9 Å². The third-order valence-electron chi connectivity index (χ3n) is 2.74. The highest BCUT2D eigenvalue weighted by atomic mass is 32.2. The number of rotatable bonds is 6. The highest BCUT2D eigenvalue weighted by Crippen LogP contribution is 2.10. The number of aromatic nitrogens is 2. The number of nitrogens with one attached hydrogen (secondary N) is 1. The van der Waals surface area contributed by atoms with E-state index in [-0.39, 0.29) is 6.61 Å². The molecule has 2 rings (SSSR count). The Bertz CT molecular complexity index is 718. The average Bonchev–Trinajstić information content (AvgIpc) is 2.85. The minimum atomic E-state index is -3.59. The first-order chi connectivity index (χ1) is 9.98. The van der Waals surface area contributed by atoms with Gasteiger partial charge in [0.25, 0.3) is 10.0 Å². The molecule has 1 aromatic heterocycles. The summed E-state index contributed by atoms with van der Waals surface area (Å²) >= 11 is 0. The molecule has 0 bridgehead atoms. The molecule has 0 atom stereocenters. The van der Waals surface area contributed by atoms with E-state index in [4.69, 9.17) is 5.11 Å². The number of benzene rings is 1. The van der Waals surface area contributed by atoms with E-state index in [0.717, 1.165) is 16.5 Å². The van der Waals surface area contributed by atoms with Crippen molar-refractivity contribution in [1.82, 2.24) is 9.78 Å². The van der Waals surface area contributed by atoms with Gasteiger partial charge in [0.15, 0.2) is 0 Å². The summed E-state index contributed by atoms with van der Waals surface area (Å²) in [4.78, 5) is 0. The number of aryl methyl sites for hydroxylation is 1. The summed E-state index contributed by atoms with van der Waals surface area (Å²) in [5.74, 6) is 0. The molecule has 0 radical (unpaired) electrons. The van der Waals surface area contributed by atoms with Gasteiger partial charge in [0.1, 0.15) is 0 Å². The van der Waals surface area contributed by atoms with E-state index in [1.54, 1.807) is 0 Å². The van der Waals surface area contributed by atoms with Crippen molar-refractivity contribution in [2.45, 2.75) is 13.5 Å². The SMILES string of the molecule is Cc1ccc(/C=C\S(=O)(=O)Nc2cnn(CCO)c2)cc1. The van der Waals surface area contributed by atoms with Gasteiger partial charge in [-0.3, -0.25) is 9.40 Å². The number of aliphatic hydroxyl groups is 1. The number of hydrogen-bond acceptors (Lipinski definition) is 4. The van der Waals surface area contributed by atoms with Crippen LogP contribution in [0.15, 0.2) is 42.1 Å². The first kappa shape index (κ1) is 15.3. The van der Waals surface area contributed by atoms with E-state index in [0.29, 0.717) is 12.2 Å². The molecule has 0 unspecified atom stereocenters. The maximum atomic E-state index is 11.9. The van der Waals surface area contributed by atoms with Gasteiger partial charge in [0, 0.05) is 6.20 Å². The van der Waals surface area contributed by atoms with Crippen LogP contribution in [0.5, 0.6) is 0 Å². The molecule has 1 aromatic carbocycles. The fourth-order valence-electron chi connectivity index (χ4n) is 1.69. The van der Waals surface area contributed by atoms with E-state index in [9.17, 15) is 8.42 Å². The molecule has 0 fully saturated rings. The van der Waals surface area contributed by atoms with Gasteiger partial charge in [0.05, 0.1) is 30.4 Å². The monoisotopic (exact) mass is 307 g/mol. The Hall–Kier alpha value is -2.12. The van der Waals surface area contributed by atoms with Gasteiger partial charge in [-0.25, -0.2) is 8.42 Å². The van der Waals surface area contributed by atoms with Gasteiger partial charge < -0.3 is 5.11 Å². The Balaban J connectivity index is 2.05. The lowest BCUT2D eigenvalue weighted by Crippen LogP contribution is -2.08. The van der Waals surface area contributed by atoms with Crippen molar-refractivity contribution >= 4 is 21.8 Å². The molecule has 0 aliphatic carbocycles. The minimum absolute atomic E-state index is 0.0544. The van der Waals surface area contributed by atoms with Crippen LogP contribution < -0.4 is 4.72 Å². The molecule has 0 amide bonds. The smallest absolute Gasteiger partial charge is 0.255 e. The fraction of sp³-hybridized carbons (Fsp3) is 0.214. The summed E-state index contributed by atoms with van der Waals surface area (Å²) in [6, 6.07) is 7.53. The quantitative estimate of drug-likeness (QED) is 0.849. The summed E-state index contributed by atoms with van der Waals surface area (Å²) < 4.78 is 27.7. The Morgan fingerprint density at radius 2 is 2.05 bits per heavy atom. The molecule has 112 valence electrons. The van der Waals surface area contributed by atoms with E-state index in [2.05, 4.69) is 9.82 Å². The maximum absolute atomic E-state index is 11.9. The Labute approximate surface area is 123 Å². The van der Waals surface area contributed by atoms with Crippen molar-refractivity contribution in [3.63, 3.8) is 0 Å². The summed E-state index contributed by atoms with van der Waals surface area (Å²) in [5, 5.41) is 13.8. The van der Waals surface area contributed by atoms with Crippen LogP contribution in [-0.2, 0) is 16.6 Å². The maximum Gasteiger partial charge on any atom is 0.255 e. The van der Waals surface area contributed by atoms with E-state index >= 15 is 0 Å². The zero-order valence-corrected chi connectivity index (χ0v) is 12.4. The molecule has 7 heteroatoms. The van der Waals surface area contributed by atoms with Crippen LogP contribution in [0.3, 0.4) is 0 Å². The second-order valence-electron chi connectivity index (χ2n) is 4.58. The van der Waals surface area contributed by atoms with Crippen LogP contribution in [0.2, 0.25) is 0 Å². The third-order valence-corrected chi connectivity index (χ3v) is 3.75. The summed E-state index contributed by atoms with van der Waals surface area (Å²) in [6.07, 6.45) is 4.44. The van der Waals surface area contributed by atoms with Gasteiger partial charge in [-0.15, -0.1) is 0 Å². The molecule has 0 saturated heterocycles. The van der Waals surface area contributed by atoms with Gasteiger partial charge >= 0.3 is 0 Å².